The molecule has 1 fully saturated rings. The second-order valence-electron chi connectivity index (χ2n) is 8.64. The van der Waals surface area contributed by atoms with Crippen molar-refractivity contribution in [2.24, 2.45) is 5.92 Å². The number of hydrogen-bond donors (Lipinski definition) is 1. The van der Waals surface area contributed by atoms with Gasteiger partial charge in [0.1, 0.15) is 11.5 Å². The summed E-state index contributed by atoms with van der Waals surface area (Å²) in [5, 5.41) is 9.25. The van der Waals surface area contributed by atoms with E-state index in [2.05, 4.69) is 32.0 Å². The molecule has 0 saturated heterocycles. The van der Waals surface area contributed by atoms with Crippen LogP contribution in [0.1, 0.15) is 89.5 Å². The molecule has 1 aliphatic carbocycles. The number of methoxy groups -OCH3 is 1. The Morgan fingerprint density at radius 2 is 2.07 bits per heavy atom. The molecule has 1 aromatic rings. The van der Waals surface area contributed by atoms with E-state index in [1.54, 1.807) is 7.11 Å². The van der Waals surface area contributed by atoms with E-state index in [0.717, 1.165) is 50.0 Å². The SMILES string of the molecule is CCCCCCC(C)Oc1ccc2c(c1)OC1(OC)CC2CCC1CCCO. The Kier molecular flexibility index (Phi) is 7.64. The summed E-state index contributed by atoms with van der Waals surface area (Å²) < 4.78 is 18.7. The van der Waals surface area contributed by atoms with Crippen molar-refractivity contribution in [2.75, 3.05) is 13.7 Å². The number of aliphatic hydroxyl groups excluding tert-OH is 1. The summed E-state index contributed by atoms with van der Waals surface area (Å²) in [7, 11) is 1.76. The molecule has 0 radical (unpaired) electrons. The van der Waals surface area contributed by atoms with Gasteiger partial charge in [0.05, 0.1) is 6.10 Å². The van der Waals surface area contributed by atoms with Gasteiger partial charge in [0, 0.05) is 32.1 Å². The van der Waals surface area contributed by atoms with E-state index < -0.39 is 5.79 Å². The Morgan fingerprint density at radius 1 is 1.21 bits per heavy atom. The molecule has 28 heavy (non-hydrogen) atoms. The van der Waals surface area contributed by atoms with Crippen molar-refractivity contribution in [1.29, 1.82) is 0 Å². The minimum atomic E-state index is -0.560. The number of rotatable bonds is 11. The van der Waals surface area contributed by atoms with Crippen LogP contribution in [-0.2, 0) is 4.74 Å². The van der Waals surface area contributed by atoms with Crippen LogP contribution in [0, 0.1) is 5.92 Å². The van der Waals surface area contributed by atoms with Crippen LogP contribution < -0.4 is 9.47 Å². The van der Waals surface area contributed by atoms with Gasteiger partial charge in [0.15, 0.2) is 0 Å². The molecule has 4 atom stereocenters. The summed E-state index contributed by atoms with van der Waals surface area (Å²) in [4.78, 5) is 0. The van der Waals surface area contributed by atoms with Gasteiger partial charge in [-0.2, -0.15) is 0 Å². The molecule has 1 N–H and O–H groups in total. The normalized spacial score (nSPS) is 27.0. The monoisotopic (exact) mass is 390 g/mol. The van der Waals surface area contributed by atoms with E-state index >= 15 is 0 Å². The molecule has 1 aromatic carbocycles. The van der Waals surface area contributed by atoms with Gasteiger partial charge in [0.2, 0.25) is 5.79 Å². The molecule has 4 nitrogen and oxygen atoms in total. The molecule has 4 unspecified atom stereocenters. The van der Waals surface area contributed by atoms with Gasteiger partial charge < -0.3 is 19.3 Å². The van der Waals surface area contributed by atoms with Crippen molar-refractivity contribution < 1.29 is 19.3 Å². The summed E-state index contributed by atoms with van der Waals surface area (Å²) in [5.41, 5.74) is 1.29. The van der Waals surface area contributed by atoms with Gasteiger partial charge in [-0.3, -0.25) is 0 Å². The minimum absolute atomic E-state index is 0.215. The van der Waals surface area contributed by atoms with Gasteiger partial charge in [-0.15, -0.1) is 0 Å². The largest absolute Gasteiger partial charge is 0.491 e. The molecule has 4 heteroatoms. The van der Waals surface area contributed by atoms with Crippen LogP contribution in [-0.4, -0.2) is 30.7 Å². The van der Waals surface area contributed by atoms with Crippen LogP contribution in [0.3, 0.4) is 0 Å². The average molecular weight is 391 g/mol. The predicted molar refractivity (Wildman–Crippen MR) is 112 cm³/mol. The molecule has 1 heterocycles. The summed E-state index contributed by atoms with van der Waals surface area (Å²) in [6.45, 7) is 4.62. The van der Waals surface area contributed by atoms with Crippen LogP contribution in [0.25, 0.3) is 0 Å². The second-order valence-corrected chi connectivity index (χ2v) is 8.64. The smallest absolute Gasteiger partial charge is 0.213 e. The van der Waals surface area contributed by atoms with Crippen LogP contribution in [0.5, 0.6) is 11.5 Å². The number of aliphatic hydroxyl groups is 1. The molecule has 0 amide bonds. The molecule has 3 rings (SSSR count). The fourth-order valence-corrected chi connectivity index (χ4v) is 4.97. The Morgan fingerprint density at radius 3 is 2.82 bits per heavy atom. The molecule has 158 valence electrons. The maximum atomic E-state index is 9.25. The summed E-state index contributed by atoms with van der Waals surface area (Å²) in [6, 6.07) is 6.35. The molecule has 0 spiro atoms. The lowest BCUT2D eigenvalue weighted by Gasteiger charge is -2.49. The lowest BCUT2D eigenvalue weighted by Crippen LogP contribution is -2.52. The van der Waals surface area contributed by atoms with E-state index in [0.29, 0.717) is 11.8 Å². The zero-order chi connectivity index (χ0) is 20.0. The molecule has 1 saturated carbocycles. The summed E-state index contributed by atoms with van der Waals surface area (Å²) in [5.74, 6) is 2.06. The lowest BCUT2D eigenvalue weighted by molar-refractivity contribution is -0.230. The maximum absolute atomic E-state index is 9.25. The molecule has 2 aliphatic rings. The van der Waals surface area contributed by atoms with Crippen molar-refractivity contribution in [3.8, 4) is 11.5 Å². The highest BCUT2D eigenvalue weighted by Gasteiger charge is 2.50. The van der Waals surface area contributed by atoms with Gasteiger partial charge in [-0.05, 0) is 63.0 Å². The van der Waals surface area contributed by atoms with Crippen LogP contribution >= 0.6 is 0 Å². The molecule has 1 aliphatic heterocycles. The number of fused-ring (bicyclic) bond motifs is 4. The molecule has 0 aromatic heterocycles. The summed E-state index contributed by atoms with van der Waals surface area (Å²) >= 11 is 0. The van der Waals surface area contributed by atoms with Gasteiger partial charge in [-0.1, -0.05) is 32.3 Å². The fourth-order valence-electron chi connectivity index (χ4n) is 4.97. The highest BCUT2D eigenvalue weighted by Crippen LogP contribution is 2.53. The van der Waals surface area contributed by atoms with Crippen molar-refractivity contribution in [3.05, 3.63) is 23.8 Å². The van der Waals surface area contributed by atoms with E-state index in [1.165, 1.54) is 31.2 Å². The van der Waals surface area contributed by atoms with Crippen LogP contribution in [0.4, 0.5) is 0 Å². The zero-order valence-electron chi connectivity index (χ0n) is 17.9. The predicted octanol–water partition coefficient (Wildman–Crippen LogP) is 5.82. The first-order chi connectivity index (χ1) is 13.6. The van der Waals surface area contributed by atoms with E-state index in [9.17, 15) is 5.11 Å². The second kappa shape index (κ2) is 9.98. The molecular formula is C24H38O4. The first kappa shape index (κ1) is 21.4. The lowest BCUT2D eigenvalue weighted by atomic mass is 9.71. The third-order valence-corrected chi connectivity index (χ3v) is 6.58. The Bertz CT molecular complexity index is 617. The zero-order valence-corrected chi connectivity index (χ0v) is 17.9. The Labute approximate surface area is 170 Å². The van der Waals surface area contributed by atoms with Crippen LogP contribution in [0.15, 0.2) is 18.2 Å². The van der Waals surface area contributed by atoms with E-state index in [4.69, 9.17) is 14.2 Å². The van der Waals surface area contributed by atoms with Gasteiger partial charge in [0.25, 0.3) is 0 Å². The number of ether oxygens (including phenoxy) is 3. The van der Waals surface area contributed by atoms with E-state index in [-0.39, 0.29) is 12.7 Å². The third-order valence-electron chi connectivity index (χ3n) is 6.58. The van der Waals surface area contributed by atoms with Crippen molar-refractivity contribution in [1.82, 2.24) is 0 Å². The minimum Gasteiger partial charge on any atom is -0.491 e. The fraction of sp³-hybridized carbons (Fsp3) is 0.750. The summed E-state index contributed by atoms with van der Waals surface area (Å²) in [6.07, 6.45) is 11.3. The van der Waals surface area contributed by atoms with Crippen molar-refractivity contribution >= 4 is 0 Å². The van der Waals surface area contributed by atoms with Gasteiger partial charge in [-0.25, -0.2) is 0 Å². The highest BCUT2D eigenvalue weighted by molar-refractivity contribution is 5.45. The average Bonchev–Trinajstić information content (AvgIpc) is 2.70. The third kappa shape index (κ3) is 4.83. The first-order valence-electron chi connectivity index (χ1n) is 11.3. The van der Waals surface area contributed by atoms with E-state index in [1.807, 2.05) is 0 Å². The quantitative estimate of drug-likeness (QED) is 0.484. The molecular weight excluding hydrogens is 352 g/mol. The standard InChI is InChI=1S/C24H38O4/c1-4-5-6-7-9-18(2)27-21-13-14-22-19-11-12-20(10-8-15-25)24(17-19,26-3)28-23(22)16-21/h13-14,16,18-20,25H,4-12,15,17H2,1-3H3. The maximum Gasteiger partial charge on any atom is 0.213 e. The highest BCUT2D eigenvalue weighted by atomic mass is 16.7. The number of unbranched alkanes of at least 4 members (excludes halogenated alkanes) is 3. The first-order valence-corrected chi connectivity index (χ1v) is 11.3. The Hall–Kier alpha value is -1.26. The van der Waals surface area contributed by atoms with Crippen LogP contribution in [0.2, 0.25) is 0 Å². The number of benzene rings is 1. The van der Waals surface area contributed by atoms with Crippen molar-refractivity contribution in [2.45, 2.75) is 95.9 Å². The number of hydrogen-bond acceptors (Lipinski definition) is 4. The molecule has 2 bridgehead atoms. The van der Waals surface area contributed by atoms with Crippen molar-refractivity contribution in [3.63, 3.8) is 0 Å². The van der Waals surface area contributed by atoms with Gasteiger partial charge >= 0.3 is 0 Å². The topological polar surface area (TPSA) is 47.9 Å². The Balaban J connectivity index is 1.69.